The molecule has 5 heteroatoms. The molecule has 0 saturated heterocycles. The van der Waals surface area contributed by atoms with Gasteiger partial charge in [0.15, 0.2) is 0 Å². The van der Waals surface area contributed by atoms with Gasteiger partial charge in [-0.25, -0.2) is 0 Å². The van der Waals surface area contributed by atoms with Crippen molar-refractivity contribution in [2.45, 2.75) is 111 Å². The smallest absolute Gasteiger partial charge is 0.308 e. The van der Waals surface area contributed by atoms with Gasteiger partial charge in [-0.05, 0) is 104 Å². The second-order valence-electron chi connectivity index (χ2n) is 14.0. The van der Waals surface area contributed by atoms with E-state index in [1.807, 2.05) is 6.92 Å². The van der Waals surface area contributed by atoms with Crippen LogP contribution in [0, 0.1) is 56.5 Å². The molecule has 0 radical (unpaired) electrons. The summed E-state index contributed by atoms with van der Waals surface area (Å²) in [6.07, 6.45) is 18.1. The molecular weight excluding hydrogens is 486 g/mol. The van der Waals surface area contributed by atoms with E-state index in [4.69, 9.17) is 4.74 Å². The largest absolute Gasteiger partial charge is 0.460 e. The van der Waals surface area contributed by atoms with Gasteiger partial charge in [-0.15, -0.1) is 0 Å². The van der Waals surface area contributed by atoms with Gasteiger partial charge in [-0.1, -0.05) is 70.7 Å². The van der Waals surface area contributed by atoms with Gasteiger partial charge in [0.2, 0.25) is 0 Å². The first-order valence-electron chi connectivity index (χ1n) is 15.7. The molecule has 3 fully saturated rings. The zero-order valence-electron chi connectivity index (χ0n) is 24.6. The van der Waals surface area contributed by atoms with E-state index >= 15 is 0 Å². The molecule has 1 aromatic carbocycles. The number of fused-ring (bicyclic) bond motifs is 5. The normalized spacial score (nSPS) is 35.1. The third kappa shape index (κ3) is 5.32. The third-order valence-electron chi connectivity index (χ3n) is 12.0. The first-order valence-corrected chi connectivity index (χ1v) is 15.7. The first kappa shape index (κ1) is 28.4. The Morgan fingerprint density at radius 1 is 1.08 bits per heavy atom. The van der Waals surface area contributed by atoms with Crippen molar-refractivity contribution < 1.29 is 14.5 Å². The number of ether oxygens (including phenoxy) is 1. The van der Waals surface area contributed by atoms with Gasteiger partial charge in [0, 0.05) is 6.07 Å². The summed E-state index contributed by atoms with van der Waals surface area (Å²) in [4.78, 5) is 23.4. The summed E-state index contributed by atoms with van der Waals surface area (Å²) in [5.41, 5.74) is 3.18. The minimum atomic E-state index is -0.424. The highest BCUT2D eigenvalue weighted by atomic mass is 16.6. The van der Waals surface area contributed by atoms with Gasteiger partial charge in [-0.3, -0.25) is 14.9 Å². The maximum atomic E-state index is 12.6. The quantitative estimate of drug-likeness (QED) is 0.137. The summed E-state index contributed by atoms with van der Waals surface area (Å²) < 4.78 is 5.47. The maximum absolute atomic E-state index is 12.6. The van der Waals surface area contributed by atoms with Gasteiger partial charge in [-0.2, -0.15) is 0 Å². The number of hydrogen-bond acceptors (Lipinski definition) is 4. The van der Waals surface area contributed by atoms with E-state index in [0.717, 1.165) is 42.9 Å². The summed E-state index contributed by atoms with van der Waals surface area (Å²) >= 11 is 0. The molecule has 0 aromatic heterocycles. The average molecular weight is 536 g/mol. The lowest BCUT2D eigenvalue weighted by molar-refractivity contribution is -0.385. The summed E-state index contributed by atoms with van der Waals surface area (Å²) in [7, 11) is 0. The van der Waals surface area contributed by atoms with E-state index in [9.17, 15) is 14.9 Å². The van der Waals surface area contributed by atoms with Gasteiger partial charge >= 0.3 is 5.97 Å². The van der Waals surface area contributed by atoms with E-state index in [0.29, 0.717) is 22.3 Å². The van der Waals surface area contributed by atoms with Crippen LogP contribution >= 0.6 is 0 Å². The van der Waals surface area contributed by atoms with Crippen molar-refractivity contribution in [3.8, 4) is 0 Å². The number of nitrogens with zero attached hydrogens (tertiary/aromatic N) is 1. The highest BCUT2D eigenvalue weighted by molar-refractivity contribution is 5.72. The van der Waals surface area contributed by atoms with Crippen LogP contribution in [0.25, 0.3) is 0 Å². The zero-order valence-corrected chi connectivity index (χ0v) is 24.6. The van der Waals surface area contributed by atoms with Crippen LogP contribution in [0.5, 0.6) is 0 Å². The lowest BCUT2D eigenvalue weighted by Crippen LogP contribution is -2.50. The molecule has 5 nitrogen and oxygen atoms in total. The number of allylic oxidation sites excluding steroid dienone is 2. The topological polar surface area (TPSA) is 69.4 Å². The lowest BCUT2D eigenvalue weighted by atomic mass is 9.47. The zero-order chi connectivity index (χ0) is 27.8. The molecule has 214 valence electrons. The monoisotopic (exact) mass is 535 g/mol. The van der Waals surface area contributed by atoms with E-state index in [-0.39, 0.29) is 24.2 Å². The van der Waals surface area contributed by atoms with Crippen molar-refractivity contribution >= 4 is 11.7 Å². The second-order valence-corrected chi connectivity index (χ2v) is 14.0. The minimum absolute atomic E-state index is 0.00158. The van der Waals surface area contributed by atoms with Crippen LogP contribution in [0.4, 0.5) is 5.69 Å². The molecule has 0 N–H and O–H groups in total. The molecule has 4 aliphatic carbocycles. The lowest BCUT2D eigenvalue weighted by Gasteiger charge is -2.58. The number of carbonyl (C=O) groups is 1. The van der Waals surface area contributed by atoms with Crippen LogP contribution < -0.4 is 0 Å². The van der Waals surface area contributed by atoms with E-state index in [1.54, 1.807) is 23.8 Å². The molecule has 0 amide bonds. The van der Waals surface area contributed by atoms with Crippen LogP contribution in [0.15, 0.2) is 35.9 Å². The number of para-hydroxylation sites is 1. The maximum Gasteiger partial charge on any atom is 0.308 e. The molecule has 8 atom stereocenters. The average Bonchev–Trinajstić information content (AvgIpc) is 3.28. The molecule has 1 unspecified atom stereocenters. The minimum Gasteiger partial charge on any atom is -0.460 e. The molecule has 3 saturated carbocycles. The predicted molar refractivity (Wildman–Crippen MR) is 155 cm³/mol. The molecule has 0 spiro atoms. The van der Waals surface area contributed by atoms with Crippen molar-refractivity contribution in [1.29, 1.82) is 0 Å². The van der Waals surface area contributed by atoms with Crippen LogP contribution in [0.2, 0.25) is 0 Å². The van der Waals surface area contributed by atoms with Crippen molar-refractivity contribution in [3.63, 3.8) is 0 Å². The van der Waals surface area contributed by atoms with E-state index in [2.05, 4.69) is 26.8 Å². The molecule has 0 bridgehead atoms. The van der Waals surface area contributed by atoms with Crippen LogP contribution in [-0.2, 0) is 16.1 Å². The fraction of sp³-hybridized carbons (Fsp3) is 0.735. The van der Waals surface area contributed by atoms with Crippen LogP contribution in [0.1, 0.15) is 110 Å². The van der Waals surface area contributed by atoms with Crippen molar-refractivity contribution in [1.82, 2.24) is 0 Å². The molecule has 4 aliphatic rings. The fourth-order valence-electron chi connectivity index (χ4n) is 9.84. The molecule has 1 aromatic rings. The molecule has 0 aliphatic heterocycles. The number of nitro benzene ring substituents is 1. The van der Waals surface area contributed by atoms with E-state index in [1.165, 1.54) is 63.9 Å². The summed E-state index contributed by atoms with van der Waals surface area (Å²) in [6.45, 7) is 9.59. The van der Waals surface area contributed by atoms with E-state index < -0.39 is 4.92 Å². The Morgan fingerprint density at radius 3 is 2.67 bits per heavy atom. The number of benzene rings is 1. The molecular formula is C34H49NO4. The van der Waals surface area contributed by atoms with Crippen LogP contribution in [-0.4, -0.2) is 10.9 Å². The summed E-state index contributed by atoms with van der Waals surface area (Å²) in [6, 6.07) is 6.47. The highest BCUT2D eigenvalue weighted by Crippen LogP contribution is 2.67. The number of esters is 1. The Morgan fingerprint density at radius 2 is 1.87 bits per heavy atom. The standard InChI is InChI=1S/C34H49NO4/c1-23(10-9-11-24(2)32(36)39-22-25-12-5-6-14-31(25)35(37)38)28-17-18-29-27-16-15-26-13-7-8-20-33(26,3)30(27)19-21-34(28,29)4/h5-6,12,14-15,23-24,27-30H,7-11,13,16-22H2,1-4H3/t23-,24?,27+,28-,29+,30+,33+,34-/m1/s1. The van der Waals surface area contributed by atoms with Crippen LogP contribution in [0.3, 0.4) is 0 Å². The number of nitro groups is 1. The Hall–Kier alpha value is -2.17. The van der Waals surface area contributed by atoms with Crippen molar-refractivity contribution in [2.75, 3.05) is 0 Å². The molecule has 39 heavy (non-hydrogen) atoms. The Bertz CT molecular complexity index is 1100. The summed E-state index contributed by atoms with van der Waals surface area (Å²) in [5.74, 6) is 3.66. The second kappa shape index (κ2) is 11.4. The van der Waals surface area contributed by atoms with Gasteiger partial charge < -0.3 is 4.74 Å². The Balaban J connectivity index is 1.12. The molecule has 5 rings (SSSR count). The van der Waals surface area contributed by atoms with Gasteiger partial charge in [0.25, 0.3) is 5.69 Å². The molecule has 0 heterocycles. The number of carbonyl (C=O) groups excluding carboxylic acids is 1. The predicted octanol–water partition coefficient (Wildman–Crippen LogP) is 9.05. The first-order chi connectivity index (χ1) is 18.6. The van der Waals surface area contributed by atoms with Gasteiger partial charge in [0.1, 0.15) is 6.61 Å². The van der Waals surface area contributed by atoms with Crippen molar-refractivity contribution in [3.05, 3.63) is 51.6 Å². The van der Waals surface area contributed by atoms with Crippen molar-refractivity contribution in [2.24, 2.45) is 46.3 Å². The third-order valence-corrected chi connectivity index (χ3v) is 12.0. The Labute approximate surface area is 235 Å². The number of rotatable bonds is 9. The highest BCUT2D eigenvalue weighted by Gasteiger charge is 2.58. The summed E-state index contributed by atoms with van der Waals surface area (Å²) in [5, 5.41) is 11.2. The van der Waals surface area contributed by atoms with Gasteiger partial charge in [0.05, 0.1) is 16.4 Å². The Kier molecular flexibility index (Phi) is 8.27. The number of hydrogen-bond donors (Lipinski definition) is 0. The fourth-order valence-corrected chi connectivity index (χ4v) is 9.84. The SMILES string of the molecule is CC(CCC[C@@H](C)[C@H]1CC[C@H]2[C@@H]3CC=C4CCCC[C@]4(C)[C@H]3CC[C@]12C)C(=O)OCc1ccccc1[N+](=O)[O-].